The summed E-state index contributed by atoms with van der Waals surface area (Å²) in [6.45, 7) is 7.77. The number of fused-ring (bicyclic) bond motifs is 1. The molecule has 2 aliphatic heterocycles. The van der Waals surface area contributed by atoms with E-state index < -0.39 is 47.5 Å². The third kappa shape index (κ3) is 10.0. The maximum absolute atomic E-state index is 13.4. The average molecular weight is 606 g/mol. The Morgan fingerprint density at radius 2 is 1.79 bits per heavy atom. The second kappa shape index (κ2) is 15.3. The summed E-state index contributed by atoms with van der Waals surface area (Å²) in [5.41, 5.74) is 7.58. The Kier molecular flexibility index (Phi) is 12.0. The largest absolute Gasteiger partial charge is 0.460 e. The highest BCUT2D eigenvalue weighted by molar-refractivity contribution is 5.94. The number of nitrogens with two attached hydrogens (primary N) is 1. The van der Waals surface area contributed by atoms with Gasteiger partial charge in [0.15, 0.2) is 0 Å². The second-order valence-corrected chi connectivity index (χ2v) is 12.5. The van der Waals surface area contributed by atoms with Gasteiger partial charge >= 0.3 is 12.0 Å². The standard InChI is InChI=1S/C29H47N7O7/c1-5-23(37)19-10-8-18(9-11-19)16-31-28(42)34-32-17-20(15-25(39)43-29(2,3)4)33-26(40)22-7-6-14-35-24(38)13-12-21(30)27(41)36(22)35/h17-22H,5-16,30H2,1-4H3,(H,33,40)(H2,31,34,42)/b32-17+/t18?,19?,20-,21-,22?/m0/s1. The van der Waals surface area contributed by atoms with E-state index in [0.29, 0.717) is 38.1 Å². The van der Waals surface area contributed by atoms with Crippen molar-refractivity contribution in [1.82, 2.24) is 26.1 Å². The molecule has 2 heterocycles. The molecule has 240 valence electrons. The number of carbonyl (C=O) groups is 6. The van der Waals surface area contributed by atoms with Gasteiger partial charge in [0.1, 0.15) is 17.4 Å². The van der Waals surface area contributed by atoms with Crippen LogP contribution in [0.15, 0.2) is 5.10 Å². The maximum Gasteiger partial charge on any atom is 0.335 e. The molecule has 5 N–H and O–H groups in total. The van der Waals surface area contributed by atoms with E-state index in [1.807, 2.05) is 6.92 Å². The number of hydrazone groups is 1. The highest BCUT2D eigenvalue weighted by Gasteiger charge is 2.43. The van der Waals surface area contributed by atoms with Crippen LogP contribution in [0.3, 0.4) is 0 Å². The number of hydrazine groups is 1. The smallest absolute Gasteiger partial charge is 0.335 e. The van der Waals surface area contributed by atoms with Gasteiger partial charge in [-0.1, -0.05) is 6.92 Å². The summed E-state index contributed by atoms with van der Waals surface area (Å²) in [4.78, 5) is 76.0. The summed E-state index contributed by atoms with van der Waals surface area (Å²) in [6.07, 6.45) is 5.98. The van der Waals surface area contributed by atoms with Crippen LogP contribution in [0.1, 0.15) is 91.9 Å². The molecule has 3 aliphatic rings. The van der Waals surface area contributed by atoms with Crippen molar-refractivity contribution in [2.75, 3.05) is 13.1 Å². The zero-order chi connectivity index (χ0) is 31.7. The van der Waals surface area contributed by atoms with E-state index in [4.69, 9.17) is 10.5 Å². The molecule has 3 fully saturated rings. The number of carbonyl (C=O) groups excluding carboxylic acids is 6. The van der Waals surface area contributed by atoms with Crippen molar-refractivity contribution in [2.45, 2.75) is 116 Å². The number of ketones is 1. The summed E-state index contributed by atoms with van der Waals surface area (Å²) < 4.78 is 5.40. The molecule has 0 aromatic carbocycles. The van der Waals surface area contributed by atoms with Crippen molar-refractivity contribution in [3.8, 4) is 0 Å². The van der Waals surface area contributed by atoms with E-state index in [0.717, 1.165) is 30.7 Å². The Bertz CT molecular complexity index is 1080. The highest BCUT2D eigenvalue weighted by atomic mass is 16.6. The lowest BCUT2D eigenvalue weighted by molar-refractivity contribution is -0.175. The molecule has 14 nitrogen and oxygen atoms in total. The fourth-order valence-electron chi connectivity index (χ4n) is 5.72. The van der Waals surface area contributed by atoms with Gasteiger partial charge in [-0.25, -0.2) is 15.2 Å². The van der Waals surface area contributed by atoms with Crippen molar-refractivity contribution in [2.24, 2.45) is 22.7 Å². The molecule has 1 saturated carbocycles. The fraction of sp³-hybridized carbons (Fsp3) is 0.759. The van der Waals surface area contributed by atoms with Crippen LogP contribution in [-0.2, 0) is 28.7 Å². The van der Waals surface area contributed by atoms with E-state index in [2.05, 4.69) is 21.2 Å². The number of hydrogen-bond donors (Lipinski definition) is 4. The maximum atomic E-state index is 13.4. The van der Waals surface area contributed by atoms with E-state index in [1.165, 1.54) is 11.2 Å². The van der Waals surface area contributed by atoms with Crippen molar-refractivity contribution in [3.05, 3.63) is 0 Å². The molecular weight excluding hydrogens is 558 g/mol. The van der Waals surface area contributed by atoms with E-state index in [9.17, 15) is 28.8 Å². The van der Waals surface area contributed by atoms with Crippen LogP contribution in [0, 0.1) is 11.8 Å². The SMILES string of the molecule is CCC(=O)C1CCC(CNC(=O)N/N=C/[C@H](CC(=O)OC(C)(C)C)NC(=O)C2CCCN3C(=O)CC[C@H](N)C(=O)N23)CC1. The van der Waals surface area contributed by atoms with Gasteiger partial charge in [-0.3, -0.25) is 29.0 Å². The van der Waals surface area contributed by atoms with Gasteiger partial charge in [-0.2, -0.15) is 5.10 Å². The van der Waals surface area contributed by atoms with Crippen LogP contribution in [0.2, 0.25) is 0 Å². The molecule has 0 radical (unpaired) electrons. The number of urea groups is 1. The van der Waals surface area contributed by atoms with E-state index >= 15 is 0 Å². The van der Waals surface area contributed by atoms with Crippen LogP contribution < -0.4 is 21.8 Å². The van der Waals surface area contributed by atoms with Crippen molar-refractivity contribution >= 4 is 41.7 Å². The minimum Gasteiger partial charge on any atom is -0.460 e. The molecule has 1 unspecified atom stereocenters. The Morgan fingerprint density at radius 3 is 2.44 bits per heavy atom. The van der Waals surface area contributed by atoms with Gasteiger partial charge in [0.05, 0.1) is 18.5 Å². The minimum atomic E-state index is -0.997. The van der Waals surface area contributed by atoms with Crippen molar-refractivity contribution < 1.29 is 33.5 Å². The highest BCUT2D eigenvalue weighted by Crippen LogP contribution is 2.29. The summed E-state index contributed by atoms with van der Waals surface area (Å²) >= 11 is 0. The van der Waals surface area contributed by atoms with Crippen LogP contribution in [-0.4, -0.2) is 88.6 Å². The van der Waals surface area contributed by atoms with E-state index in [1.54, 1.807) is 20.8 Å². The number of hydrogen-bond acceptors (Lipinski definition) is 9. The number of amides is 5. The predicted octanol–water partition coefficient (Wildman–Crippen LogP) is 1.13. The van der Waals surface area contributed by atoms with Gasteiger partial charge < -0.3 is 21.1 Å². The third-order valence-electron chi connectivity index (χ3n) is 7.96. The van der Waals surface area contributed by atoms with Gasteiger partial charge in [-0.05, 0) is 71.6 Å². The number of ether oxygens (including phenoxy) is 1. The van der Waals surface area contributed by atoms with Crippen LogP contribution in [0.5, 0.6) is 0 Å². The molecule has 43 heavy (non-hydrogen) atoms. The zero-order valence-electron chi connectivity index (χ0n) is 25.7. The lowest BCUT2D eigenvalue weighted by Crippen LogP contribution is -2.63. The van der Waals surface area contributed by atoms with Crippen LogP contribution >= 0.6 is 0 Å². The molecule has 5 amide bonds. The number of nitrogens with zero attached hydrogens (tertiary/aromatic N) is 3. The molecule has 3 rings (SSSR count). The van der Waals surface area contributed by atoms with Crippen molar-refractivity contribution in [3.63, 3.8) is 0 Å². The van der Waals surface area contributed by atoms with Gasteiger partial charge in [-0.15, -0.1) is 0 Å². The molecule has 2 saturated heterocycles. The predicted molar refractivity (Wildman–Crippen MR) is 157 cm³/mol. The molecule has 3 atom stereocenters. The monoisotopic (exact) mass is 605 g/mol. The van der Waals surface area contributed by atoms with Gasteiger partial charge in [0.2, 0.25) is 11.8 Å². The summed E-state index contributed by atoms with van der Waals surface area (Å²) in [7, 11) is 0. The Balaban J connectivity index is 1.61. The first-order valence-corrected chi connectivity index (χ1v) is 15.3. The molecule has 0 bridgehead atoms. The topological polar surface area (TPSA) is 193 Å². The minimum absolute atomic E-state index is 0.110. The summed E-state index contributed by atoms with van der Waals surface area (Å²) in [6, 6.07) is -3.42. The molecule has 14 heteroatoms. The molecular formula is C29H47N7O7. The first-order chi connectivity index (χ1) is 20.3. The average Bonchev–Trinajstić information content (AvgIpc) is 3.06. The van der Waals surface area contributed by atoms with Gasteiger partial charge in [0, 0.05) is 38.1 Å². The van der Waals surface area contributed by atoms with Crippen molar-refractivity contribution in [1.29, 1.82) is 0 Å². The number of esters is 1. The van der Waals surface area contributed by atoms with E-state index in [-0.39, 0.29) is 37.0 Å². The molecule has 1 aliphatic carbocycles. The molecule has 0 aromatic heterocycles. The van der Waals surface area contributed by atoms with Gasteiger partial charge in [0.25, 0.3) is 5.91 Å². The lowest BCUT2D eigenvalue weighted by atomic mass is 9.79. The number of Topliss-reactive ketones (excluding diaryl/α,β-unsaturated/α-hetero) is 1. The van der Waals surface area contributed by atoms with Crippen LogP contribution in [0.25, 0.3) is 0 Å². The molecule has 0 aromatic rings. The normalized spacial score (nSPS) is 25.4. The molecule has 0 spiro atoms. The summed E-state index contributed by atoms with van der Waals surface area (Å²) in [5, 5.41) is 11.9. The Morgan fingerprint density at radius 1 is 1.09 bits per heavy atom. The Hall–Kier alpha value is -3.55. The summed E-state index contributed by atoms with van der Waals surface area (Å²) in [5.74, 6) is -1.28. The number of rotatable bonds is 10. The zero-order valence-corrected chi connectivity index (χ0v) is 25.7. The second-order valence-electron chi connectivity index (χ2n) is 12.5. The quantitative estimate of drug-likeness (QED) is 0.162. The first-order valence-electron chi connectivity index (χ1n) is 15.3. The Labute approximate surface area is 252 Å². The number of nitrogens with one attached hydrogen (secondary N) is 3. The first kappa shape index (κ1) is 33.9. The lowest BCUT2D eigenvalue weighted by Gasteiger charge is -2.42. The van der Waals surface area contributed by atoms with Crippen LogP contribution in [0.4, 0.5) is 4.79 Å². The third-order valence-corrected chi connectivity index (χ3v) is 7.96. The fourth-order valence-corrected chi connectivity index (χ4v) is 5.72.